The van der Waals surface area contributed by atoms with Crippen LogP contribution in [0.2, 0.25) is 0 Å². The zero-order valence-corrected chi connectivity index (χ0v) is 14.3. The maximum Gasteiger partial charge on any atom is 0.0335 e. The molecule has 1 atom stereocenters. The van der Waals surface area contributed by atoms with Crippen LogP contribution in [0.3, 0.4) is 0 Å². The number of rotatable bonds is 6. The van der Waals surface area contributed by atoms with Crippen LogP contribution in [-0.2, 0) is 0 Å². The van der Waals surface area contributed by atoms with Crippen LogP contribution in [-0.4, -0.2) is 35.6 Å². The Morgan fingerprint density at radius 1 is 1.10 bits per heavy atom. The highest BCUT2D eigenvalue weighted by Gasteiger charge is 2.47. The molecule has 0 bridgehead atoms. The molecular weight excluding hydrogens is 244 g/mol. The Hall–Kier alpha value is -0.0800. The van der Waals surface area contributed by atoms with Gasteiger partial charge in [-0.1, -0.05) is 47.0 Å². The number of hydrogen-bond acceptors (Lipinski definition) is 2. The van der Waals surface area contributed by atoms with Gasteiger partial charge in [-0.25, -0.2) is 0 Å². The van der Waals surface area contributed by atoms with Crippen LogP contribution in [0.15, 0.2) is 0 Å². The third kappa shape index (κ3) is 3.22. The van der Waals surface area contributed by atoms with E-state index in [4.69, 9.17) is 0 Å². The van der Waals surface area contributed by atoms with Gasteiger partial charge in [0.05, 0.1) is 0 Å². The first-order valence-electron chi connectivity index (χ1n) is 9.10. The van der Waals surface area contributed by atoms with Crippen molar-refractivity contribution >= 4 is 0 Å². The molecule has 0 amide bonds. The van der Waals surface area contributed by atoms with E-state index in [1.165, 1.54) is 71.0 Å². The molecule has 0 aromatic carbocycles. The molecule has 1 aliphatic heterocycles. The maximum absolute atomic E-state index is 3.96. The van der Waals surface area contributed by atoms with Gasteiger partial charge in [-0.05, 0) is 38.0 Å². The fourth-order valence-electron chi connectivity index (χ4n) is 4.52. The van der Waals surface area contributed by atoms with Crippen LogP contribution in [0.1, 0.15) is 79.1 Å². The van der Waals surface area contributed by atoms with E-state index in [9.17, 15) is 0 Å². The van der Waals surface area contributed by atoms with E-state index in [1.807, 2.05) is 0 Å². The lowest BCUT2D eigenvalue weighted by Gasteiger charge is -2.54. The molecule has 1 aliphatic carbocycles. The number of piperazine rings is 1. The maximum atomic E-state index is 3.96. The summed E-state index contributed by atoms with van der Waals surface area (Å²) in [5, 5.41) is 3.96. The lowest BCUT2D eigenvalue weighted by Crippen LogP contribution is -2.69. The molecule has 2 heteroatoms. The molecule has 118 valence electrons. The Balaban J connectivity index is 2.10. The first-order chi connectivity index (χ1) is 9.60. The van der Waals surface area contributed by atoms with Crippen molar-refractivity contribution in [1.82, 2.24) is 10.2 Å². The largest absolute Gasteiger partial charge is 0.308 e. The third-order valence-corrected chi connectivity index (χ3v) is 6.16. The molecule has 2 rings (SSSR count). The van der Waals surface area contributed by atoms with Crippen LogP contribution < -0.4 is 5.32 Å². The highest BCUT2D eigenvalue weighted by Crippen LogP contribution is 2.40. The van der Waals surface area contributed by atoms with Gasteiger partial charge in [0.25, 0.3) is 0 Å². The van der Waals surface area contributed by atoms with E-state index in [1.54, 1.807) is 0 Å². The van der Waals surface area contributed by atoms with Crippen molar-refractivity contribution in [3.63, 3.8) is 0 Å². The first kappa shape index (κ1) is 16.3. The number of nitrogens with one attached hydrogen (secondary N) is 1. The minimum atomic E-state index is 0.375. The van der Waals surface area contributed by atoms with Crippen LogP contribution >= 0.6 is 0 Å². The van der Waals surface area contributed by atoms with Gasteiger partial charge in [0, 0.05) is 30.7 Å². The Bertz CT molecular complexity index is 290. The van der Waals surface area contributed by atoms with E-state index in [0.29, 0.717) is 11.1 Å². The number of nitrogens with zero attached hydrogens (tertiary/aromatic N) is 1. The average Bonchev–Trinajstić information content (AvgIpc) is 2.92. The fraction of sp³-hybridized carbons (Fsp3) is 1.00. The molecule has 1 heterocycles. The minimum Gasteiger partial charge on any atom is -0.308 e. The summed E-state index contributed by atoms with van der Waals surface area (Å²) in [6.45, 7) is 13.3. The SMILES string of the molecule is CCCC(C)CN1CC(CC)(CC)NCC12CCCC2. The van der Waals surface area contributed by atoms with Gasteiger partial charge < -0.3 is 5.32 Å². The zero-order chi connectivity index (χ0) is 14.6. The van der Waals surface area contributed by atoms with Gasteiger partial charge in [0.15, 0.2) is 0 Å². The molecule has 1 N–H and O–H groups in total. The van der Waals surface area contributed by atoms with Gasteiger partial charge in [-0.2, -0.15) is 0 Å². The van der Waals surface area contributed by atoms with Crippen molar-refractivity contribution in [2.75, 3.05) is 19.6 Å². The van der Waals surface area contributed by atoms with Crippen LogP contribution in [0, 0.1) is 5.92 Å². The number of hydrogen-bond donors (Lipinski definition) is 1. The van der Waals surface area contributed by atoms with Crippen molar-refractivity contribution in [3.8, 4) is 0 Å². The molecule has 1 spiro atoms. The van der Waals surface area contributed by atoms with Gasteiger partial charge in [-0.3, -0.25) is 4.90 Å². The second kappa shape index (κ2) is 6.79. The lowest BCUT2D eigenvalue weighted by atomic mass is 9.81. The van der Waals surface area contributed by atoms with Crippen LogP contribution in [0.5, 0.6) is 0 Å². The van der Waals surface area contributed by atoms with Crippen LogP contribution in [0.4, 0.5) is 0 Å². The van der Waals surface area contributed by atoms with Gasteiger partial charge >= 0.3 is 0 Å². The molecular formula is C18H36N2. The smallest absolute Gasteiger partial charge is 0.0335 e. The van der Waals surface area contributed by atoms with E-state index in [0.717, 1.165) is 5.92 Å². The second-order valence-corrected chi connectivity index (χ2v) is 7.55. The van der Waals surface area contributed by atoms with Gasteiger partial charge in [-0.15, -0.1) is 0 Å². The van der Waals surface area contributed by atoms with E-state index >= 15 is 0 Å². The highest BCUT2D eigenvalue weighted by atomic mass is 15.3. The summed E-state index contributed by atoms with van der Waals surface area (Å²) in [4.78, 5) is 2.91. The molecule has 20 heavy (non-hydrogen) atoms. The van der Waals surface area contributed by atoms with Gasteiger partial charge in [0.2, 0.25) is 0 Å². The quantitative estimate of drug-likeness (QED) is 0.784. The molecule has 1 unspecified atom stereocenters. The standard InChI is InChI=1S/C18H36N2/c1-5-10-16(4)13-20-15-17(6-2,7-3)19-14-18(20)11-8-9-12-18/h16,19H,5-15H2,1-4H3. The summed E-state index contributed by atoms with van der Waals surface area (Å²) >= 11 is 0. The predicted molar refractivity (Wildman–Crippen MR) is 88.2 cm³/mol. The monoisotopic (exact) mass is 280 g/mol. The predicted octanol–water partition coefficient (Wildman–Crippen LogP) is 4.20. The Kier molecular flexibility index (Phi) is 5.53. The average molecular weight is 280 g/mol. The molecule has 2 fully saturated rings. The summed E-state index contributed by atoms with van der Waals surface area (Å²) in [6.07, 6.45) is 10.9. The summed E-state index contributed by atoms with van der Waals surface area (Å²) in [7, 11) is 0. The normalized spacial score (nSPS) is 27.0. The topological polar surface area (TPSA) is 15.3 Å². The van der Waals surface area contributed by atoms with E-state index in [-0.39, 0.29) is 0 Å². The van der Waals surface area contributed by atoms with E-state index in [2.05, 4.69) is 37.9 Å². The minimum absolute atomic E-state index is 0.375. The third-order valence-electron chi connectivity index (χ3n) is 6.16. The Morgan fingerprint density at radius 2 is 1.75 bits per heavy atom. The zero-order valence-electron chi connectivity index (χ0n) is 14.3. The van der Waals surface area contributed by atoms with Crippen molar-refractivity contribution in [1.29, 1.82) is 0 Å². The van der Waals surface area contributed by atoms with Crippen LogP contribution in [0.25, 0.3) is 0 Å². The Labute approximate surface area is 126 Å². The van der Waals surface area contributed by atoms with E-state index < -0.39 is 0 Å². The molecule has 0 radical (unpaired) electrons. The second-order valence-electron chi connectivity index (χ2n) is 7.55. The van der Waals surface area contributed by atoms with Crippen molar-refractivity contribution < 1.29 is 0 Å². The highest BCUT2D eigenvalue weighted by molar-refractivity contribution is 5.06. The summed E-state index contributed by atoms with van der Waals surface area (Å²) in [5.41, 5.74) is 0.871. The molecule has 1 saturated heterocycles. The summed E-state index contributed by atoms with van der Waals surface area (Å²) in [6, 6.07) is 0. The fourth-order valence-corrected chi connectivity index (χ4v) is 4.52. The van der Waals surface area contributed by atoms with Crippen molar-refractivity contribution in [3.05, 3.63) is 0 Å². The van der Waals surface area contributed by atoms with Crippen molar-refractivity contribution in [2.45, 2.75) is 90.1 Å². The molecule has 2 nitrogen and oxygen atoms in total. The summed E-state index contributed by atoms with van der Waals surface area (Å²) in [5.74, 6) is 0.849. The first-order valence-corrected chi connectivity index (χ1v) is 9.10. The molecule has 2 aliphatic rings. The van der Waals surface area contributed by atoms with Crippen molar-refractivity contribution in [2.24, 2.45) is 5.92 Å². The molecule has 0 aromatic rings. The molecule has 0 aromatic heterocycles. The van der Waals surface area contributed by atoms with Gasteiger partial charge in [0.1, 0.15) is 0 Å². The lowest BCUT2D eigenvalue weighted by molar-refractivity contribution is -0.00562. The summed E-state index contributed by atoms with van der Waals surface area (Å²) < 4.78 is 0. The Morgan fingerprint density at radius 3 is 2.30 bits per heavy atom. The molecule has 1 saturated carbocycles.